The van der Waals surface area contributed by atoms with Gasteiger partial charge in [-0.05, 0) is 31.5 Å². The van der Waals surface area contributed by atoms with Gasteiger partial charge in [-0.15, -0.1) is 0 Å². The van der Waals surface area contributed by atoms with E-state index in [1.54, 1.807) is 0 Å². The average molecular weight is 272 g/mol. The van der Waals surface area contributed by atoms with Gasteiger partial charge in [0.05, 0.1) is 6.61 Å². The molecule has 4 nitrogen and oxygen atoms in total. The minimum Gasteiger partial charge on any atom is -0.465 e. The number of ether oxygens (including phenoxy) is 1. The Morgan fingerprint density at radius 2 is 2.30 bits per heavy atom. The number of aryl methyl sites for hydroxylation is 1. The largest absolute Gasteiger partial charge is 0.465 e. The first-order valence-corrected chi connectivity index (χ1v) is 7.17. The number of aromatic nitrogens is 1. The molecule has 0 amide bonds. The first-order chi connectivity index (χ1) is 9.70. The van der Waals surface area contributed by atoms with Crippen LogP contribution in [-0.4, -0.2) is 23.7 Å². The molecule has 0 spiro atoms. The highest BCUT2D eigenvalue weighted by Crippen LogP contribution is 2.29. The summed E-state index contributed by atoms with van der Waals surface area (Å²) in [6.45, 7) is 6.53. The molecule has 0 bridgehead atoms. The number of nitrogens with zero attached hydrogens (tertiary/aromatic N) is 1. The predicted octanol–water partition coefficient (Wildman–Crippen LogP) is 2.16. The molecule has 1 N–H and O–H groups in total. The molecule has 2 heterocycles. The summed E-state index contributed by atoms with van der Waals surface area (Å²) >= 11 is 0. The molecule has 1 aliphatic heterocycles. The van der Waals surface area contributed by atoms with Crippen molar-refractivity contribution < 1.29 is 9.53 Å². The topological polar surface area (TPSA) is 43.3 Å². The smallest absolute Gasteiger partial charge is 0.325 e. The van der Waals surface area contributed by atoms with Crippen LogP contribution in [0.5, 0.6) is 0 Å². The summed E-state index contributed by atoms with van der Waals surface area (Å²) in [4.78, 5) is 11.8. The van der Waals surface area contributed by atoms with Crippen molar-refractivity contribution in [2.75, 3.05) is 13.2 Å². The summed E-state index contributed by atoms with van der Waals surface area (Å²) in [5, 5.41) is 4.68. The number of esters is 1. The van der Waals surface area contributed by atoms with Gasteiger partial charge in [0, 0.05) is 36.1 Å². The Morgan fingerprint density at radius 3 is 3.10 bits per heavy atom. The van der Waals surface area contributed by atoms with Crippen LogP contribution in [0.3, 0.4) is 0 Å². The summed E-state index contributed by atoms with van der Waals surface area (Å²) < 4.78 is 7.23. The van der Waals surface area contributed by atoms with Gasteiger partial charge in [-0.3, -0.25) is 4.79 Å². The third-order valence-electron chi connectivity index (χ3n) is 3.88. The lowest BCUT2D eigenvalue weighted by molar-refractivity contribution is -0.143. The van der Waals surface area contributed by atoms with Crippen molar-refractivity contribution >= 4 is 16.9 Å². The van der Waals surface area contributed by atoms with E-state index in [-0.39, 0.29) is 5.97 Å². The van der Waals surface area contributed by atoms with Crippen molar-refractivity contribution in [1.29, 1.82) is 0 Å². The number of carbonyl (C=O) groups is 1. The molecule has 4 heteroatoms. The molecule has 106 valence electrons. The monoisotopic (exact) mass is 272 g/mol. The standard InChI is InChI=1S/C16H20N2O2/c1-3-20-16(19)10-18-14-5-4-11(2)8-12(14)13-9-17-7-6-15(13)18/h4-5,8,17H,3,6-7,9-10H2,1-2H3. The van der Waals surface area contributed by atoms with Crippen molar-refractivity contribution in [3.05, 3.63) is 35.0 Å². The fourth-order valence-electron chi connectivity index (χ4n) is 3.01. The van der Waals surface area contributed by atoms with E-state index >= 15 is 0 Å². The van der Waals surface area contributed by atoms with Crippen LogP contribution in [0.2, 0.25) is 0 Å². The van der Waals surface area contributed by atoms with E-state index in [0.29, 0.717) is 13.2 Å². The Hall–Kier alpha value is -1.81. The maximum absolute atomic E-state index is 11.8. The van der Waals surface area contributed by atoms with Crippen LogP contribution >= 0.6 is 0 Å². The Kier molecular flexibility index (Phi) is 3.49. The van der Waals surface area contributed by atoms with Gasteiger partial charge in [-0.25, -0.2) is 0 Å². The van der Waals surface area contributed by atoms with Crippen molar-refractivity contribution in [3.8, 4) is 0 Å². The number of hydrogen-bond donors (Lipinski definition) is 1. The van der Waals surface area contributed by atoms with Gasteiger partial charge in [0.15, 0.2) is 0 Å². The number of hydrogen-bond acceptors (Lipinski definition) is 3. The van der Waals surface area contributed by atoms with Crippen molar-refractivity contribution in [3.63, 3.8) is 0 Å². The molecular formula is C16H20N2O2. The molecule has 0 fully saturated rings. The molecule has 0 unspecified atom stereocenters. The zero-order valence-corrected chi connectivity index (χ0v) is 12.0. The summed E-state index contributed by atoms with van der Waals surface area (Å²) in [7, 11) is 0. The SMILES string of the molecule is CCOC(=O)Cn1c2c(c3cc(C)ccc31)CNCC2. The lowest BCUT2D eigenvalue weighted by atomic mass is 10.0. The Labute approximate surface area is 118 Å². The Bertz CT molecular complexity index is 658. The van der Waals surface area contributed by atoms with Gasteiger partial charge in [0.1, 0.15) is 6.54 Å². The molecule has 1 aromatic carbocycles. The van der Waals surface area contributed by atoms with Gasteiger partial charge in [0.25, 0.3) is 0 Å². The first kappa shape index (κ1) is 13.2. The van der Waals surface area contributed by atoms with Gasteiger partial charge < -0.3 is 14.6 Å². The van der Waals surface area contributed by atoms with Crippen LogP contribution < -0.4 is 5.32 Å². The van der Waals surface area contributed by atoms with Crippen molar-refractivity contribution in [2.24, 2.45) is 0 Å². The van der Waals surface area contributed by atoms with Crippen LogP contribution in [0.4, 0.5) is 0 Å². The van der Waals surface area contributed by atoms with E-state index in [0.717, 1.165) is 25.0 Å². The zero-order valence-electron chi connectivity index (χ0n) is 12.0. The normalized spacial score (nSPS) is 14.3. The van der Waals surface area contributed by atoms with Crippen LogP contribution in [0.1, 0.15) is 23.7 Å². The second kappa shape index (κ2) is 5.29. The molecule has 1 aromatic heterocycles. The first-order valence-electron chi connectivity index (χ1n) is 7.17. The van der Waals surface area contributed by atoms with E-state index in [1.807, 2.05) is 6.92 Å². The molecular weight excluding hydrogens is 252 g/mol. The van der Waals surface area contributed by atoms with Crippen LogP contribution in [0, 0.1) is 6.92 Å². The fraction of sp³-hybridized carbons (Fsp3) is 0.438. The second-order valence-corrected chi connectivity index (χ2v) is 5.26. The molecule has 0 aliphatic carbocycles. The summed E-state index contributed by atoms with van der Waals surface area (Å²) in [6, 6.07) is 6.42. The lowest BCUT2D eigenvalue weighted by Gasteiger charge is -2.16. The Morgan fingerprint density at radius 1 is 1.45 bits per heavy atom. The molecule has 0 radical (unpaired) electrons. The minimum absolute atomic E-state index is 0.161. The molecule has 2 aromatic rings. The highest BCUT2D eigenvalue weighted by atomic mass is 16.5. The maximum atomic E-state index is 11.8. The van der Waals surface area contributed by atoms with E-state index in [1.165, 1.54) is 22.2 Å². The van der Waals surface area contributed by atoms with Crippen LogP contribution in [0.15, 0.2) is 18.2 Å². The second-order valence-electron chi connectivity index (χ2n) is 5.26. The van der Waals surface area contributed by atoms with E-state index < -0.39 is 0 Å². The van der Waals surface area contributed by atoms with E-state index in [9.17, 15) is 4.79 Å². The zero-order chi connectivity index (χ0) is 14.1. The number of fused-ring (bicyclic) bond motifs is 3. The molecule has 1 aliphatic rings. The number of nitrogens with one attached hydrogen (secondary N) is 1. The molecule has 3 rings (SSSR count). The third-order valence-corrected chi connectivity index (χ3v) is 3.88. The fourth-order valence-corrected chi connectivity index (χ4v) is 3.01. The summed E-state index contributed by atoms with van der Waals surface area (Å²) in [5.74, 6) is -0.161. The lowest BCUT2D eigenvalue weighted by Crippen LogP contribution is -2.25. The van der Waals surface area contributed by atoms with Gasteiger partial charge in [-0.2, -0.15) is 0 Å². The Balaban J connectivity index is 2.12. The van der Waals surface area contributed by atoms with Crippen LogP contribution in [0.25, 0.3) is 10.9 Å². The quantitative estimate of drug-likeness (QED) is 0.871. The third kappa shape index (κ3) is 2.20. The average Bonchev–Trinajstić information content (AvgIpc) is 2.74. The summed E-state index contributed by atoms with van der Waals surface area (Å²) in [5.41, 5.74) is 4.99. The molecule has 0 saturated heterocycles. The van der Waals surface area contributed by atoms with E-state index in [4.69, 9.17) is 4.74 Å². The number of rotatable bonds is 3. The van der Waals surface area contributed by atoms with E-state index in [2.05, 4.69) is 35.0 Å². The summed E-state index contributed by atoms with van der Waals surface area (Å²) in [6.07, 6.45) is 0.961. The van der Waals surface area contributed by atoms with Crippen molar-refractivity contribution in [2.45, 2.75) is 33.4 Å². The number of carbonyl (C=O) groups excluding carboxylic acids is 1. The highest BCUT2D eigenvalue weighted by Gasteiger charge is 2.21. The molecule has 0 atom stereocenters. The van der Waals surface area contributed by atoms with Crippen LogP contribution in [-0.2, 0) is 29.0 Å². The van der Waals surface area contributed by atoms with Gasteiger partial charge >= 0.3 is 5.97 Å². The van der Waals surface area contributed by atoms with Gasteiger partial charge in [0.2, 0.25) is 0 Å². The number of benzene rings is 1. The minimum atomic E-state index is -0.161. The maximum Gasteiger partial charge on any atom is 0.325 e. The molecule has 0 saturated carbocycles. The van der Waals surface area contributed by atoms with Crippen molar-refractivity contribution in [1.82, 2.24) is 9.88 Å². The van der Waals surface area contributed by atoms with Gasteiger partial charge in [-0.1, -0.05) is 11.6 Å². The molecule has 20 heavy (non-hydrogen) atoms. The highest BCUT2D eigenvalue weighted by molar-refractivity contribution is 5.87. The predicted molar refractivity (Wildman–Crippen MR) is 78.7 cm³/mol.